The van der Waals surface area contributed by atoms with Crippen LogP contribution in [0.25, 0.3) is 22.3 Å². The first kappa shape index (κ1) is 21.4. The Balaban J connectivity index is 1.62. The SMILES string of the molecule is CC(C)(O)C(C)(C)O[B]c1cccc2c1-c1ccccc1C21c2ccccc2-c2ccccc21. The zero-order chi connectivity index (χ0) is 23.7. The highest BCUT2D eigenvalue weighted by Gasteiger charge is 2.52. The predicted molar refractivity (Wildman–Crippen MR) is 140 cm³/mol. The predicted octanol–water partition coefficient (Wildman–Crippen LogP) is 5.84. The van der Waals surface area contributed by atoms with Crippen molar-refractivity contribution in [2.75, 3.05) is 0 Å². The molecule has 167 valence electrons. The lowest BCUT2D eigenvalue weighted by molar-refractivity contribution is -0.0893. The number of fused-ring (bicyclic) bond motifs is 10. The van der Waals surface area contributed by atoms with Gasteiger partial charge in [-0.25, -0.2) is 0 Å². The standard InChI is InChI=1S/C31H28BO2/c1-29(2,33)30(3,4)34-32-27-19-11-18-26-28(27)22-14-7-10-17-25(22)31(26)23-15-8-5-12-20(23)21-13-6-9-16-24(21)31/h5-19,33H,1-4H3. The van der Waals surface area contributed by atoms with Gasteiger partial charge in [-0.2, -0.15) is 0 Å². The molecule has 0 bridgehead atoms. The second-order valence-electron chi connectivity index (χ2n) is 10.5. The molecule has 1 N–H and O–H groups in total. The summed E-state index contributed by atoms with van der Waals surface area (Å²) in [5.74, 6) is 0. The average Bonchev–Trinajstić information content (AvgIpc) is 3.30. The largest absolute Gasteiger partial charge is 0.427 e. The molecule has 0 fully saturated rings. The number of rotatable bonds is 4. The third kappa shape index (κ3) is 2.71. The van der Waals surface area contributed by atoms with E-state index in [-0.39, 0.29) is 5.41 Å². The van der Waals surface area contributed by atoms with Gasteiger partial charge in [0.2, 0.25) is 0 Å². The van der Waals surface area contributed by atoms with Gasteiger partial charge in [-0.15, -0.1) is 0 Å². The van der Waals surface area contributed by atoms with E-state index >= 15 is 0 Å². The van der Waals surface area contributed by atoms with E-state index in [9.17, 15) is 5.11 Å². The number of hydrogen-bond acceptors (Lipinski definition) is 2. The van der Waals surface area contributed by atoms with E-state index in [1.165, 1.54) is 44.5 Å². The van der Waals surface area contributed by atoms with Crippen molar-refractivity contribution in [1.82, 2.24) is 0 Å². The normalized spacial score (nSPS) is 15.0. The van der Waals surface area contributed by atoms with Crippen molar-refractivity contribution in [1.29, 1.82) is 0 Å². The maximum atomic E-state index is 10.6. The molecule has 2 nitrogen and oxygen atoms in total. The molecular weight excluding hydrogens is 415 g/mol. The van der Waals surface area contributed by atoms with E-state index in [2.05, 4.69) is 91.0 Å². The lowest BCUT2D eigenvalue weighted by atomic mass is 9.69. The van der Waals surface area contributed by atoms with Crippen LogP contribution in [0.3, 0.4) is 0 Å². The molecule has 0 atom stereocenters. The molecule has 1 spiro atoms. The van der Waals surface area contributed by atoms with Gasteiger partial charge in [0.25, 0.3) is 0 Å². The highest BCUT2D eigenvalue weighted by Crippen LogP contribution is 2.62. The highest BCUT2D eigenvalue weighted by molar-refractivity contribution is 6.50. The van der Waals surface area contributed by atoms with Crippen LogP contribution in [-0.4, -0.2) is 23.8 Å². The molecule has 0 saturated heterocycles. The highest BCUT2D eigenvalue weighted by atomic mass is 16.5. The molecule has 6 rings (SSSR count). The second kappa shape index (κ2) is 7.18. The molecule has 2 aliphatic carbocycles. The number of benzene rings is 4. The molecule has 0 amide bonds. The van der Waals surface area contributed by atoms with Crippen molar-refractivity contribution in [2.24, 2.45) is 0 Å². The summed E-state index contributed by atoms with van der Waals surface area (Å²) in [6.45, 7) is 7.41. The Morgan fingerprint density at radius 2 is 1.09 bits per heavy atom. The molecule has 4 aromatic rings. The maximum absolute atomic E-state index is 10.6. The first-order valence-electron chi connectivity index (χ1n) is 11.9. The van der Waals surface area contributed by atoms with Gasteiger partial charge in [-0.3, -0.25) is 0 Å². The van der Waals surface area contributed by atoms with Crippen molar-refractivity contribution in [2.45, 2.75) is 44.3 Å². The Labute approximate surface area is 202 Å². The number of aliphatic hydroxyl groups is 1. The Morgan fingerprint density at radius 1 is 0.618 bits per heavy atom. The van der Waals surface area contributed by atoms with Crippen molar-refractivity contribution in [3.63, 3.8) is 0 Å². The van der Waals surface area contributed by atoms with Gasteiger partial charge in [0.1, 0.15) is 0 Å². The summed E-state index contributed by atoms with van der Waals surface area (Å²) in [5.41, 5.74) is 9.25. The summed E-state index contributed by atoms with van der Waals surface area (Å²) in [6, 6.07) is 32.9. The van der Waals surface area contributed by atoms with Crippen LogP contribution in [-0.2, 0) is 10.1 Å². The molecule has 0 aliphatic heterocycles. The summed E-state index contributed by atoms with van der Waals surface area (Å²) in [5, 5.41) is 10.6. The van der Waals surface area contributed by atoms with E-state index in [1.54, 1.807) is 13.8 Å². The summed E-state index contributed by atoms with van der Waals surface area (Å²) >= 11 is 0. The monoisotopic (exact) mass is 443 g/mol. The summed E-state index contributed by atoms with van der Waals surface area (Å²) in [4.78, 5) is 0. The van der Waals surface area contributed by atoms with Gasteiger partial charge in [-0.1, -0.05) is 91.0 Å². The summed E-state index contributed by atoms with van der Waals surface area (Å²) in [7, 11) is 1.83. The first-order chi connectivity index (χ1) is 16.3. The molecule has 4 aromatic carbocycles. The minimum atomic E-state index is -0.982. The fourth-order valence-electron chi connectivity index (χ4n) is 5.63. The van der Waals surface area contributed by atoms with E-state index in [0.717, 1.165) is 5.46 Å². The van der Waals surface area contributed by atoms with Crippen molar-refractivity contribution in [3.8, 4) is 22.3 Å². The van der Waals surface area contributed by atoms with Gasteiger partial charge in [0, 0.05) is 0 Å². The van der Waals surface area contributed by atoms with Crippen LogP contribution in [0.5, 0.6) is 0 Å². The third-order valence-corrected chi connectivity index (χ3v) is 8.01. The molecule has 0 heterocycles. The van der Waals surface area contributed by atoms with E-state index in [0.29, 0.717) is 0 Å². The molecule has 0 aromatic heterocycles. The van der Waals surface area contributed by atoms with Crippen molar-refractivity contribution in [3.05, 3.63) is 113 Å². The van der Waals surface area contributed by atoms with Crippen LogP contribution in [0.4, 0.5) is 0 Å². The van der Waals surface area contributed by atoms with Gasteiger partial charge >= 0.3 is 7.48 Å². The minimum Gasteiger partial charge on any atom is -0.427 e. The lowest BCUT2D eigenvalue weighted by Crippen LogP contribution is -2.49. The Bertz CT molecular complexity index is 1380. The van der Waals surface area contributed by atoms with Crippen LogP contribution < -0.4 is 5.46 Å². The lowest BCUT2D eigenvalue weighted by Gasteiger charge is -2.37. The molecule has 34 heavy (non-hydrogen) atoms. The molecule has 0 unspecified atom stereocenters. The zero-order valence-electron chi connectivity index (χ0n) is 20.1. The van der Waals surface area contributed by atoms with Crippen LogP contribution >= 0.6 is 0 Å². The van der Waals surface area contributed by atoms with Crippen LogP contribution in [0, 0.1) is 0 Å². The smallest absolute Gasteiger partial charge is 0.331 e. The maximum Gasteiger partial charge on any atom is 0.331 e. The molecule has 2 aliphatic rings. The quantitative estimate of drug-likeness (QED) is 0.347. The van der Waals surface area contributed by atoms with E-state index in [4.69, 9.17) is 4.65 Å². The molecule has 1 radical (unpaired) electrons. The Morgan fingerprint density at radius 3 is 1.65 bits per heavy atom. The molecular formula is C31H28BO2. The first-order valence-corrected chi connectivity index (χ1v) is 11.9. The Kier molecular flexibility index (Phi) is 4.52. The fraction of sp³-hybridized carbons (Fsp3) is 0.226. The van der Waals surface area contributed by atoms with Crippen LogP contribution in [0.1, 0.15) is 49.9 Å². The minimum absolute atomic E-state index is 0.352. The van der Waals surface area contributed by atoms with Crippen molar-refractivity contribution < 1.29 is 9.76 Å². The zero-order valence-corrected chi connectivity index (χ0v) is 20.1. The molecule has 0 saturated carbocycles. The molecule has 3 heteroatoms. The third-order valence-electron chi connectivity index (χ3n) is 8.01. The van der Waals surface area contributed by atoms with Crippen LogP contribution in [0.15, 0.2) is 91.0 Å². The Hall–Kier alpha value is -3.14. The topological polar surface area (TPSA) is 29.5 Å². The van der Waals surface area contributed by atoms with Gasteiger partial charge in [0.05, 0.1) is 16.6 Å². The fourth-order valence-corrected chi connectivity index (χ4v) is 5.63. The van der Waals surface area contributed by atoms with Gasteiger partial charge < -0.3 is 9.76 Å². The summed E-state index contributed by atoms with van der Waals surface area (Å²) in [6.07, 6.45) is 0. The average molecular weight is 443 g/mol. The summed E-state index contributed by atoms with van der Waals surface area (Å²) < 4.78 is 6.24. The number of hydrogen-bond donors (Lipinski definition) is 1. The van der Waals surface area contributed by atoms with E-state index < -0.39 is 11.2 Å². The second-order valence-corrected chi connectivity index (χ2v) is 10.5. The van der Waals surface area contributed by atoms with Gasteiger partial charge in [0.15, 0.2) is 0 Å². The van der Waals surface area contributed by atoms with Crippen molar-refractivity contribution >= 4 is 12.9 Å². The van der Waals surface area contributed by atoms with Gasteiger partial charge in [-0.05, 0) is 77.7 Å². The van der Waals surface area contributed by atoms with E-state index in [1.807, 2.05) is 21.3 Å². The van der Waals surface area contributed by atoms with Crippen LogP contribution in [0.2, 0.25) is 0 Å².